The second-order valence-electron chi connectivity index (χ2n) is 6.17. The number of rotatable bonds is 9. The molecule has 0 aliphatic carbocycles. The number of carbonyl (C=O) groups excluding carboxylic acids is 1. The van der Waals surface area contributed by atoms with Crippen molar-refractivity contribution in [3.05, 3.63) is 59.7 Å². The number of quaternary nitrogens is 1. The molecule has 0 aliphatic rings. The molecule has 5 heteroatoms. The molecule has 25 heavy (non-hydrogen) atoms. The topological polar surface area (TPSA) is 52.0 Å². The molecule has 5 nitrogen and oxygen atoms in total. The molecule has 1 unspecified atom stereocenters. The van der Waals surface area contributed by atoms with Gasteiger partial charge in [0.2, 0.25) is 0 Å². The summed E-state index contributed by atoms with van der Waals surface area (Å²) in [5.41, 5.74) is 2.33. The SMILES string of the molecule is COc1ccc(C[NH+](C)CC(=O)NCCOc2cccc(C)c2)cc1. The first-order valence-electron chi connectivity index (χ1n) is 8.47. The van der Waals surface area contributed by atoms with Crippen molar-refractivity contribution in [1.29, 1.82) is 0 Å². The summed E-state index contributed by atoms with van der Waals surface area (Å²) >= 11 is 0. The predicted molar refractivity (Wildman–Crippen MR) is 98.1 cm³/mol. The number of amides is 1. The molecule has 0 spiro atoms. The highest BCUT2D eigenvalue weighted by Gasteiger charge is 2.10. The molecular formula is C20H27N2O3+. The fraction of sp³-hybridized carbons (Fsp3) is 0.350. The minimum atomic E-state index is 0.0267. The largest absolute Gasteiger partial charge is 0.497 e. The maximum atomic E-state index is 12.0. The highest BCUT2D eigenvalue weighted by atomic mass is 16.5. The van der Waals surface area contributed by atoms with E-state index in [4.69, 9.17) is 9.47 Å². The number of likely N-dealkylation sites (N-methyl/N-ethyl adjacent to an activating group) is 1. The lowest BCUT2D eigenvalue weighted by atomic mass is 10.2. The standard InChI is InChI=1S/C20H26N2O3/c1-16-5-4-6-19(13-16)25-12-11-21-20(23)15-22(2)14-17-7-9-18(24-3)10-8-17/h4-10,13H,11-12,14-15H2,1-3H3,(H,21,23)/p+1. The highest BCUT2D eigenvalue weighted by molar-refractivity contribution is 5.76. The van der Waals surface area contributed by atoms with E-state index in [1.165, 1.54) is 5.56 Å². The van der Waals surface area contributed by atoms with Crippen LogP contribution in [0.3, 0.4) is 0 Å². The van der Waals surface area contributed by atoms with E-state index >= 15 is 0 Å². The van der Waals surface area contributed by atoms with Crippen LogP contribution < -0.4 is 19.7 Å². The van der Waals surface area contributed by atoms with Crippen molar-refractivity contribution >= 4 is 5.91 Å². The van der Waals surface area contributed by atoms with Gasteiger partial charge in [0, 0.05) is 5.56 Å². The molecule has 1 atom stereocenters. The summed E-state index contributed by atoms with van der Waals surface area (Å²) in [5.74, 6) is 1.70. The first-order chi connectivity index (χ1) is 12.1. The van der Waals surface area contributed by atoms with Gasteiger partial charge < -0.3 is 19.7 Å². The van der Waals surface area contributed by atoms with E-state index < -0.39 is 0 Å². The van der Waals surface area contributed by atoms with E-state index in [2.05, 4.69) is 5.32 Å². The Kier molecular flexibility index (Phi) is 7.29. The smallest absolute Gasteiger partial charge is 0.275 e. The van der Waals surface area contributed by atoms with Gasteiger partial charge in [0.25, 0.3) is 5.91 Å². The Labute approximate surface area is 149 Å². The number of benzene rings is 2. The zero-order valence-corrected chi connectivity index (χ0v) is 15.2. The van der Waals surface area contributed by atoms with Gasteiger partial charge >= 0.3 is 0 Å². The zero-order valence-electron chi connectivity index (χ0n) is 15.2. The molecule has 2 N–H and O–H groups in total. The zero-order chi connectivity index (χ0) is 18.1. The van der Waals surface area contributed by atoms with Crippen molar-refractivity contribution in [3.8, 4) is 11.5 Å². The van der Waals surface area contributed by atoms with Gasteiger partial charge in [0.15, 0.2) is 6.54 Å². The summed E-state index contributed by atoms with van der Waals surface area (Å²) < 4.78 is 10.8. The molecular weight excluding hydrogens is 316 g/mol. The molecule has 2 rings (SSSR count). The van der Waals surface area contributed by atoms with Crippen LogP contribution in [0.2, 0.25) is 0 Å². The van der Waals surface area contributed by atoms with Crippen molar-refractivity contribution in [2.24, 2.45) is 0 Å². The lowest BCUT2D eigenvalue weighted by Gasteiger charge is -2.14. The fourth-order valence-electron chi connectivity index (χ4n) is 2.56. The maximum Gasteiger partial charge on any atom is 0.275 e. The third-order valence-electron chi connectivity index (χ3n) is 3.81. The third-order valence-corrected chi connectivity index (χ3v) is 3.81. The molecule has 1 amide bonds. The van der Waals surface area contributed by atoms with Crippen molar-refractivity contribution in [1.82, 2.24) is 5.32 Å². The predicted octanol–water partition coefficient (Wildman–Crippen LogP) is 1.21. The molecule has 0 aliphatic heterocycles. The third kappa shape index (κ3) is 6.85. The van der Waals surface area contributed by atoms with Gasteiger partial charge in [-0.15, -0.1) is 0 Å². The van der Waals surface area contributed by atoms with E-state index in [0.717, 1.165) is 28.5 Å². The molecule has 0 radical (unpaired) electrons. The van der Waals surface area contributed by atoms with Crippen LogP contribution in [-0.4, -0.2) is 39.8 Å². The Morgan fingerprint density at radius 1 is 1.12 bits per heavy atom. The Hall–Kier alpha value is -2.53. The first-order valence-corrected chi connectivity index (χ1v) is 8.47. The second-order valence-corrected chi connectivity index (χ2v) is 6.17. The van der Waals surface area contributed by atoms with E-state index in [0.29, 0.717) is 19.7 Å². The van der Waals surface area contributed by atoms with Gasteiger partial charge in [0.05, 0.1) is 20.7 Å². The summed E-state index contributed by atoms with van der Waals surface area (Å²) in [6, 6.07) is 15.8. The quantitative estimate of drug-likeness (QED) is 0.673. The Morgan fingerprint density at radius 3 is 2.56 bits per heavy atom. The average Bonchev–Trinajstić information content (AvgIpc) is 2.59. The molecule has 0 aromatic heterocycles. The minimum Gasteiger partial charge on any atom is -0.497 e. The number of methoxy groups -OCH3 is 1. The van der Waals surface area contributed by atoms with Gasteiger partial charge in [0.1, 0.15) is 24.7 Å². The summed E-state index contributed by atoms with van der Waals surface area (Å²) in [5, 5.41) is 2.90. The lowest BCUT2D eigenvalue weighted by Crippen LogP contribution is -3.08. The molecule has 0 saturated carbocycles. The van der Waals surface area contributed by atoms with Crippen LogP contribution in [0, 0.1) is 6.92 Å². The molecule has 2 aromatic carbocycles. The van der Waals surface area contributed by atoms with Crippen LogP contribution in [0.4, 0.5) is 0 Å². The number of ether oxygens (including phenoxy) is 2. The summed E-state index contributed by atoms with van der Waals surface area (Å²) in [4.78, 5) is 13.1. The molecule has 0 heterocycles. The first kappa shape index (κ1) is 18.8. The fourth-order valence-corrected chi connectivity index (χ4v) is 2.56. The van der Waals surface area contributed by atoms with Gasteiger partial charge in [-0.05, 0) is 48.9 Å². The molecule has 0 saturated heterocycles. The molecule has 2 aromatic rings. The van der Waals surface area contributed by atoms with Crippen LogP contribution >= 0.6 is 0 Å². The van der Waals surface area contributed by atoms with Crippen LogP contribution in [0.5, 0.6) is 11.5 Å². The van der Waals surface area contributed by atoms with Crippen LogP contribution in [0.15, 0.2) is 48.5 Å². The van der Waals surface area contributed by atoms with Crippen LogP contribution in [0.1, 0.15) is 11.1 Å². The van der Waals surface area contributed by atoms with Gasteiger partial charge in [-0.2, -0.15) is 0 Å². The van der Waals surface area contributed by atoms with Crippen LogP contribution in [0.25, 0.3) is 0 Å². The van der Waals surface area contributed by atoms with E-state index in [9.17, 15) is 4.79 Å². The van der Waals surface area contributed by atoms with Crippen molar-refractivity contribution in [3.63, 3.8) is 0 Å². The average molecular weight is 343 g/mol. The highest BCUT2D eigenvalue weighted by Crippen LogP contribution is 2.12. The minimum absolute atomic E-state index is 0.0267. The molecule has 0 bridgehead atoms. The van der Waals surface area contributed by atoms with E-state index in [1.54, 1.807) is 7.11 Å². The Bertz CT molecular complexity index is 671. The molecule has 0 fully saturated rings. The van der Waals surface area contributed by atoms with Crippen molar-refractivity contribution < 1.29 is 19.2 Å². The maximum absolute atomic E-state index is 12.0. The summed E-state index contributed by atoms with van der Waals surface area (Å²) in [6.45, 7) is 4.21. The normalized spacial score (nSPS) is 11.6. The lowest BCUT2D eigenvalue weighted by molar-refractivity contribution is -0.885. The van der Waals surface area contributed by atoms with Crippen molar-refractivity contribution in [2.75, 3.05) is 33.9 Å². The summed E-state index contributed by atoms with van der Waals surface area (Å²) in [6.07, 6.45) is 0. The van der Waals surface area contributed by atoms with Gasteiger partial charge in [-0.3, -0.25) is 4.79 Å². The monoisotopic (exact) mass is 343 g/mol. The van der Waals surface area contributed by atoms with Gasteiger partial charge in [-0.1, -0.05) is 12.1 Å². The van der Waals surface area contributed by atoms with E-state index in [-0.39, 0.29) is 5.91 Å². The number of carbonyl (C=O) groups is 1. The Morgan fingerprint density at radius 2 is 1.88 bits per heavy atom. The number of aryl methyl sites for hydroxylation is 1. The van der Waals surface area contributed by atoms with Crippen LogP contribution in [-0.2, 0) is 11.3 Å². The number of hydrogen-bond acceptors (Lipinski definition) is 3. The second kappa shape index (κ2) is 9.69. The van der Waals surface area contributed by atoms with Gasteiger partial charge in [-0.25, -0.2) is 0 Å². The van der Waals surface area contributed by atoms with Crippen molar-refractivity contribution in [2.45, 2.75) is 13.5 Å². The number of hydrogen-bond donors (Lipinski definition) is 2. The Balaban J connectivity index is 1.65. The van der Waals surface area contributed by atoms with E-state index in [1.807, 2.05) is 62.5 Å². The summed E-state index contributed by atoms with van der Waals surface area (Å²) in [7, 11) is 3.66. The number of nitrogens with one attached hydrogen (secondary N) is 2. The molecule has 134 valence electrons.